The highest BCUT2D eigenvalue weighted by atomic mass is 32.2. The van der Waals surface area contributed by atoms with E-state index in [9.17, 15) is 4.79 Å². The average Bonchev–Trinajstić information content (AvgIpc) is 2.52. The summed E-state index contributed by atoms with van der Waals surface area (Å²) in [5.74, 6) is 0.968. The van der Waals surface area contributed by atoms with E-state index in [1.165, 1.54) is 25.0 Å². The molecule has 1 amide bonds. The fourth-order valence-electron chi connectivity index (χ4n) is 2.08. The maximum Gasteiger partial charge on any atom is 0.231 e. The molecule has 0 radical (unpaired) electrons. The monoisotopic (exact) mass is 216 g/mol. The number of nitrogens with zero attached hydrogens (tertiary/aromatic N) is 1. The second-order valence-electron chi connectivity index (χ2n) is 3.93. The first-order chi connectivity index (χ1) is 6.63. The smallest absolute Gasteiger partial charge is 0.231 e. The fourth-order valence-corrected chi connectivity index (χ4v) is 3.21. The van der Waals surface area contributed by atoms with Gasteiger partial charge < -0.3 is 5.73 Å². The first kappa shape index (κ1) is 11.9. The average molecular weight is 216 g/mol. The highest BCUT2D eigenvalue weighted by Crippen LogP contribution is 2.31. The molecule has 1 aliphatic rings. The lowest BCUT2D eigenvalue weighted by molar-refractivity contribution is -0.119. The van der Waals surface area contributed by atoms with Crippen LogP contribution in [0.3, 0.4) is 0 Å². The number of hydrogen-bond donors (Lipinski definition) is 1. The molecule has 0 saturated heterocycles. The fraction of sp³-hybridized carbons (Fsp3) is 0.900. The van der Waals surface area contributed by atoms with Gasteiger partial charge in [-0.2, -0.15) is 11.8 Å². The Bertz CT molecular complexity index is 199. The lowest BCUT2D eigenvalue weighted by Crippen LogP contribution is -2.37. The molecule has 1 aliphatic carbocycles. The van der Waals surface area contributed by atoms with Gasteiger partial charge in [-0.15, -0.1) is 0 Å². The number of nitrogens with two attached hydrogens (primary N) is 1. The van der Waals surface area contributed by atoms with Gasteiger partial charge in [-0.1, -0.05) is 6.92 Å². The highest BCUT2D eigenvalue weighted by molar-refractivity contribution is 7.99. The molecule has 3 nitrogen and oxygen atoms in total. The van der Waals surface area contributed by atoms with Gasteiger partial charge in [0, 0.05) is 11.3 Å². The van der Waals surface area contributed by atoms with Crippen LogP contribution in [0, 0.1) is 0 Å². The molecule has 2 N–H and O–H groups in total. The predicted octanol–water partition coefficient (Wildman–Crippen LogP) is 1.08. The van der Waals surface area contributed by atoms with Crippen LogP contribution in [0.15, 0.2) is 0 Å². The molecule has 0 aliphatic heterocycles. The standard InChI is InChI=1S/C10H20N2OS/c1-3-14-9-5-4-8(6-9)12(2)7-10(11)13/h8-9H,3-7H2,1-2H3,(H2,11,13)/t8-,9-/m0/s1. The Labute approximate surface area is 90.4 Å². The molecule has 0 aromatic carbocycles. The molecule has 1 rings (SSSR count). The third kappa shape index (κ3) is 3.50. The molecule has 14 heavy (non-hydrogen) atoms. The molecule has 1 fully saturated rings. The number of primary amides is 1. The van der Waals surface area contributed by atoms with E-state index in [-0.39, 0.29) is 5.91 Å². The minimum absolute atomic E-state index is 0.223. The van der Waals surface area contributed by atoms with Crippen molar-refractivity contribution in [2.45, 2.75) is 37.5 Å². The minimum atomic E-state index is -0.223. The zero-order chi connectivity index (χ0) is 10.6. The topological polar surface area (TPSA) is 46.3 Å². The first-order valence-corrected chi connectivity index (χ1v) is 6.28. The summed E-state index contributed by atoms with van der Waals surface area (Å²) in [7, 11) is 1.99. The largest absolute Gasteiger partial charge is 0.369 e. The second kappa shape index (κ2) is 5.61. The Morgan fingerprint density at radius 2 is 2.29 bits per heavy atom. The van der Waals surface area contributed by atoms with Crippen molar-refractivity contribution in [1.82, 2.24) is 4.90 Å². The molecule has 0 aromatic heterocycles. The maximum atomic E-state index is 10.7. The van der Waals surface area contributed by atoms with Crippen molar-refractivity contribution in [2.24, 2.45) is 5.73 Å². The van der Waals surface area contributed by atoms with Crippen molar-refractivity contribution < 1.29 is 4.79 Å². The van der Waals surface area contributed by atoms with E-state index in [1.807, 2.05) is 18.8 Å². The third-order valence-electron chi connectivity index (χ3n) is 2.79. The molecule has 0 heterocycles. The summed E-state index contributed by atoms with van der Waals surface area (Å²) in [6.45, 7) is 2.60. The van der Waals surface area contributed by atoms with E-state index >= 15 is 0 Å². The normalized spacial score (nSPS) is 27.1. The summed E-state index contributed by atoms with van der Waals surface area (Å²) >= 11 is 2.04. The number of hydrogen-bond acceptors (Lipinski definition) is 3. The predicted molar refractivity (Wildman–Crippen MR) is 61.4 cm³/mol. The molecule has 0 bridgehead atoms. The summed E-state index contributed by atoms with van der Waals surface area (Å²) in [6, 6.07) is 0.562. The molecule has 0 aromatic rings. The van der Waals surface area contributed by atoms with Crippen LogP contribution in [-0.4, -0.2) is 41.4 Å². The molecule has 4 heteroatoms. The molecule has 0 spiro atoms. The van der Waals surface area contributed by atoms with Crippen LogP contribution in [0.1, 0.15) is 26.2 Å². The van der Waals surface area contributed by atoms with Gasteiger partial charge in [0.25, 0.3) is 0 Å². The minimum Gasteiger partial charge on any atom is -0.369 e. The Balaban J connectivity index is 2.30. The lowest BCUT2D eigenvalue weighted by Gasteiger charge is -2.22. The van der Waals surface area contributed by atoms with Crippen LogP contribution in [-0.2, 0) is 4.79 Å². The van der Waals surface area contributed by atoms with Crippen LogP contribution in [0.25, 0.3) is 0 Å². The van der Waals surface area contributed by atoms with Crippen LogP contribution in [0.4, 0.5) is 0 Å². The van der Waals surface area contributed by atoms with Gasteiger partial charge in [0.1, 0.15) is 0 Å². The Hall–Kier alpha value is -0.220. The van der Waals surface area contributed by atoms with Crippen molar-refractivity contribution >= 4 is 17.7 Å². The van der Waals surface area contributed by atoms with E-state index < -0.39 is 0 Å². The third-order valence-corrected chi connectivity index (χ3v) is 4.02. The number of amides is 1. The van der Waals surface area contributed by atoms with E-state index in [2.05, 4.69) is 11.8 Å². The Morgan fingerprint density at radius 3 is 2.86 bits per heavy atom. The highest BCUT2D eigenvalue weighted by Gasteiger charge is 2.27. The van der Waals surface area contributed by atoms with Gasteiger partial charge in [0.15, 0.2) is 0 Å². The SMILES string of the molecule is CCS[C@H]1CC[C@H](N(C)CC(N)=O)C1. The summed E-state index contributed by atoms with van der Waals surface area (Å²) < 4.78 is 0. The summed E-state index contributed by atoms with van der Waals surface area (Å²) in [5.41, 5.74) is 5.17. The van der Waals surface area contributed by atoms with Crippen molar-refractivity contribution in [3.05, 3.63) is 0 Å². The van der Waals surface area contributed by atoms with Gasteiger partial charge in [-0.05, 0) is 32.1 Å². The van der Waals surface area contributed by atoms with E-state index in [1.54, 1.807) is 0 Å². The summed E-state index contributed by atoms with van der Waals surface area (Å²) in [6.07, 6.45) is 3.70. The number of carbonyl (C=O) groups is 1. The van der Waals surface area contributed by atoms with Crippen molar-refractivity contribution in [2.75, 3.05) is 19.3 Å². The zero-order valence-corrected chi connectivity index (χ0v) is 9.85. The number of rotatable bonds is 5. The van der Waals surface area contributed by atoms with Gasteiger partial charge in [-0.3, -0.25) is 9.69 Å². The van der Waals surface area contributed by atoms with Crippen molar-refractivity contribution in [3.63, 3.8) is 0 Å². The van der Waals surface area contributed by atoms with Crippen LogP contribution in [0.5, 0.6) is 0 Å². The van der Waals surface area contributed by atoms with Crippen molar-refractivity contribution in [3.8, 4) is 0 Å². The van der Waals surface area contributed by atoms with Crippen LogP contribution >= 0.6 is 11.8 Å². The van der Waals surface area contributed by atoms with Crippen LogP contribution in [0.2, 0.25) is 0 Å². The van der Waals surface area contributed by atoms with E-state index in [4.69, 9.17) is 5.73 Å². The van der Waals surface area contributed by atoms with E-state index in [0.717, 1.165) is 5.25 Å². The summed E-state index contributed by atoms with van der Waals surface area (Å²) in [5, 5.41) is 0.792. The molecule has 1 saturated carbocycles. The molecule has 0 unspecified atom stereocenters. The van der Waals surface area contributed by atoms with Gasteiger partial charge >= 0.3 is 0 Å². The van der Waals surface area contributed by atoms with Gasteiger partial charge in [0.05, 0.1) is 6.54 Å². The number of carbonyl (C=O) groups excluding carboxylic acids is 1. The van der Waals surface area contributed by atoms with Gasteiger partial charge in [0.2, 0.25) is 5.91 Å². The molecule has 2 atom stereocenters. The number of likely N-dealkylation sites (N-methyl/N-ethyl adjacent to an activating group) is 1. The Kier molecular flexibility index (Phi) is 4.75. The van der Waals surface area contributed by atoms with Crippen molar-refractivity contribution in [1.29, 1.82) is 0 Å². The molecule has 82 valence electrons. The second-order valence-corrected chi connectivity index (χ2v) is 5.50. The lowest BCUT2D eigenvalue weighted by atomic mass is 10.2. The maximum absolute atomic E-state index is 10.7. The first-order valence-electron chi connectivity index (χ1n) is 5.23. The van der Waals surface area contributed by atoms with E-state index in [0.29, 0.717) is 12.6 Å². The van der Waals surface area contributed by atoms with Gasteiger partial charge in [-0.25, -0.2) is 0 Å². The Morgan fingerprint density at radius 1 is 1.57 bits per heavy atom. The summed E-state index contributed by atoms with van der Waals surface area (Å²) in [4.78, 5) is 12.8. The number of thioether (sulfide) groups is 1. The quantitative estimate of drug-likeness (QED) is 0.748. The molecular weight excluding hydrogens is 196 g/mol. The zero-order valence-electron chi connectivity index (χ0n) is 9.03. The molecular formula is C10H20N2OS. The van der Waals surface area contributed by atoms with Crippen LogP contribution < -0.4 is 5.73 Å².